The first-order chi connectivity index (χ1) is 14.7. The lowest BCUT2D eigenvalue weighted by molar-refractivity contribution is -0.128. The molecule has 3 amide bonds. The number of imide groups is 1. The monoisotopic (exact) mass is 441 g/mol. The van der Waals surface area contributed by atoms with Gasteiger partial charge in [0.05, 0.1) is 6.54 Å². The van der Waals surface area contributed by atoms with E-state index in [0.29, 0.717) is 13.1 Å². The van der Waals surface area contributed by atoms with Crippen LogP contribution in [0.15, 0.2) is 48.5 Å². The fourth-order valence-electron chi connectivity index (χ4n) is 4.67. The van der Waals surface area contributed by atoms with E-state index in [-0.39, 0.29) is 36.5 Å². The Morgan fingerprint density at radius 1 is 1.00 bits per heavy atom. The number of carbonyl (C=O) groups is 2. The normalized spacial score (nSPS) is 22.1. The third-order valence-corrected chi connectivity index (χ3v) is 6.35. The number of nitrogens with zero attached hydrogens (tertiary/aromatic N) is 2. The molecule has 3 heterocycles. The number of hydrogen-bond acceptors (Lipinski definition) is 4. The molecule has 2 atom stereocenters. The highest BCUT2D eigenvalue weighted by molar-refractivity contribution is 6.04. The molecular formula is C24H28ClN3O3. The second-order valence-corrected chi connectivity index (χ2v) is 8.39. The first-order valence-corrected chi connectivity index (χ1v) is 10.8. The number of rotatable bonds is 6. The van der Waals surface area contributed by atoms with Crippen molar-refractivity contribution < 1.29 is 14.3 Å². The molecule has 3 aliphatic heterocycles. The van der Waals surface area contributed by atoms with Gasteiger partial charge in [0.2, 0.25) is 0 Å². The van der Waals surface area contributed by atoms with Crippen molar-refractivity contribution in [2.75, 3.05) is 13.1 Å². The van der Waals surface area contributed by atoms with Crippen LogP contribution >= 0.6 is 12.4 Å². The Balaban J connectivity index is 0.00000231. The van der Waals surface area contributed by atoms with Gasteiger partial charge in [0, 0.05) is 19.6 Å². The first-order valence-electron chi connectivity index (χ1n) is 10.8. The smallest absolute Gasteiger partial charge is 0.327 e. The van der Waals surface area contributed by atoms with Gasteiger partial charge in [-0.1, -0.05) is 42.5 Å². The Morgan fingerprint density at radius 2 is 1.77 bits per heavy atom. The number of nitrogens with one attached hydrogen (secondary N) is 1. The minimum absolute atomic E-state index is 0. The van der Waals surface area contributed by atoms with E-state index in [2.05, 4.69) is 29.6 Å². The summed E-state index contributed by atoms with van der Waals surface area (Å²) in [5.41, 5.74) is 3.45. The summed E-state index contributed by atoms with van der Waals surface area (Å²) in [6.07, 6.45) is 4.00. The molecule has 2 aromatic carbocycles. The molecule has 0 bridgehead atoms. The molecule has 0 aromatic heterocycles. The average molecular weight is 442 g/mol. The molecule has 0 saturated carbocycles. The summed E-state index contributed by atoms with van der Waals surface area (Å²) in [7, 11) is 0. The second-order valence-electron chi connectivity index (χ2n) is 8.39. The predicted molar refractivity (Wildman–Crippen MR) is 120 cm³/mol. The number of carbonyl (C=O) groups excluding carboxylic acids is 2. The van der Waals surface area contributed by atoms with Crippen LogP contribution in [0, 0.1) is 0 Å². The number of aryl methyl sites for hydroxylation is 1. The number of urea groups is 1. The van der Waals surface area contributed by atoms with Crippen LogP contribution in [0.25, 0.3) is 0 Å². The van der Waals surface area contributed by atoms with Crippen molar-refractivity contribution in [2.24, 2.45) is 0 Å². The van der Waals surface area contributed by atoms with Crippen molar-refractivity contribution in [3.05, 3.63) is 65.2 Å². The highest BCUT2D eigenvalue weighted by Gasteiger charge is 2.47. The molecule has 0 aliphatic carbocycles. The van der Waals surface area contributed by atoms with E-state index >= 15 is 0 Å². The SMILES string of the molecule is Cl.O=C1C2CCCN2C(=O)N1Cc1ccc(CNCC2CCc3ccccc3O2)cc1. The third kappa shape index (κ3) is 4.41. The molecule has 0 radical (unpaired) electrons. The van der Waals surface area contributed by atoms with Gasteiger partial charge in [0.15, 0.2) is 0 Å². The van der Waals surface area contributed by atoms with Crippen molar-refractivity contribution in [2.45, 2.75) is 50.9 Å². The Morgan fingerprint density at radius 3 is 2.58 bits per heavy atom. The fourth-order valence-corrected chi connectivity index (χ4v) is 4.67. The number of amides is 3. The summed E-state index contributed by atoms with van der Waals surface area (Å²) in [6.45, 7) is 2.63. The number of hydrogen-bond donors (Lipinski definition) is 1. The standard InChI is InChI=1S/C24H27N3O3.ClH/c28-23-21-5-3-13-26(21)24(29)27(23)16-18-9-7-17(8-10-18)14-25-15-20-12-11-19-4-1-2-6-22(19)30-20;/h1-2,4,6-10,20-21,25H,3,5,11-16H2;1H. The predicted octanol–water partition coefficient (Wildman–Crippen LogP) is 3.52. The molecule has 2 aromatic rings. The molecule has 31 heavy (non-hydrogen) atoms. The maximum Gasteiger partial charge on any atom is 0.327 e. The van der Waals surface area contributed by atoms with Crippen LogP contribution in [0.5, 0.6) is 5.75 Å². The summed E-state index contributed by atoms with van der Waals surface area (Å²) in [6, 6.07) is 16.0. The zero-order valence-corrected chi connectivity index (χ0v) is 18.3. The lowest BCUT2D eigenvalue weighted by atomic mass is 10.0. The average Bonchev–Trinajstić information content (AvgIpc) is 3.34. The van der Waals surface area contributed by atoms with E-state index in [1.54, 1.807) is 4.90 Å². The van der Waals surface area contributed by atoms with E-state index in [0.717, 1.165) is 50.1 Å². The minimum atomic E-state index is -0.227. The van der Waals surface area contributed by atoms with Gasteiger partial charge < -0.3 is 15.0 Å². The van der Waals surface area contributed by atoms with E-state index < -0.39 is 0 Å². The van der Waals surface area contributed by atoms with E-state index in [9.17, 15) is 9.59 Å². The second kappa shape index (κ2) is 9.28. The molecule has 2 fully saturated rings. The molecule has 7 heteroatoms. The molecule has 5 rings (SSSR count). The molecule has 1 N–H and O–H groups in total. The molecule has 2 unspecified atom stereocenters. The Hall–Kier alpha value is -2.57. The Kier molecular flexibility index (Phi) is 6.49. The van der Waals surface area contributed by atoms with Gasteiger partial charge in [-0.3, -0.25) is 9.69 Å². The van der Waals surface area contributed by atoms with Gasteiger partial charge in [0.1, 0.15) is 17.9 Å². The quantitative estimate of drug-likeness (QED) is 0.697. The van der Waals surface area contributed by atoms with Crippen LogP contribution in [0.1, 0.15) is 36.0 Å². The summed E-state index contributed by atoms with van der Waals surface area (Å²) < 4.78 is 6.08. The Labute approximate surface area is 189 Å². The van der Waals surface area contributed by atoms with E-state index in [1.165, 1.54) is 16.0 Å². The largest absolute Gasteiger partial charge is 0.489 e. The first kappa shape index (κ1) is 21.7. The highest BCUT2D eigenvalue weighted by atomic mass is 35.5. The minimum Gasteiger partial charge on any atom is -0.489 e. The van der Waals surface area contributed by atoms with Crippen molar-refractivity contribution in [1.29, 1.82) is 0 Å². The van der Waals surface area contributed by atoms with Crippen molar-refractivity contribution in [3.63, 3.8) is 0 Å². The highest BCUT2D eigenvalue weighted by Crippen LogP contribution is 2.29. The third-order valence-electron chi connectivity index (χ3n) is 6.35. The maximum atomic E-state index is 12.5. The van der Waals surface area contributed by atoms with Crippen LogP contribution in [0.3, 0.4) is 0 Å². The summed E-state index contributed by atoms with van der Waals surface area (Å²) >= 11 is 0. The molecule has 2 saturated heterocycles. The number of fused-ring (bicyclic) bond motifs is 2. The molecule has 3 aliphatic rings. The lowest BCUT2D eigenvalue weighted by Crippen LogP contribution is -2.34. The van der Waals surface area contributed by atoms with Gasteiger partial charge in [-0.25, -0.2) is 4.79 Å². The van der Waals surface area contributed by atoms with E-state index in [1.807, 2.05) is 24.3 Å². The van der Waals surface area contributed by atoms with Crippen LogP contribution in [0.2, 0.25) is 0 Å². The van der Waals surface area contributed by atoms with Gasteiger partial charge in [0.25, 0.3) is 5.91 Å². The van der Waals surface area contributed by atoms with Gasteiger partial charge >= 0.3 is 6.03 Å². The number of ether oxygens (including phenoxy) is 1. The summed E-state index contributed by atoms with van der Waals surface area (Å²) in [5.74, 6) is 0.962. The number of para-hydroxylation sites is 1. The van der Waals surface area contributed by atoms with Gasteiger partial charge in [-0.15, -0.1) is 12.4 Å². The van der Waals surface area contributed by atoms with Crippen LogP contribution in [-0.4, -0.2) is 47.0 Å². The number of halogens is 1. The van der Waals surface area contributed by atoms with Gasteiger partial charge in [-0.05, 0) is 48.4 Å². The fraction of sp³-hybridized carbons (Fsp3) is 0.417. The van der Waals surface area contributed by atoms with Crippen LogP contribution in [-0.2, 0) is 24.3 Å². The van der Waals surface area contributed by atoms with E-state index in [4.69, 9.17) is 4.74 Å². The Bertz CT molecular complexity index is 927. The van der Waals surface area contributed by atoms with Crippen LogP contribution in [0.4, 0.5) is 4.79 Å². The van der Waals surface area contributed by atoms with Crippen molar-refractivity contribution in [3.8, 4) is 5.75 Å². The maximum absolute atomic E-state index is 12.5. The summed E-state index contributed by atoms with van der Waals surface area (Å²) in [5, 5.41) is 3.49. The molecular weight excluding hydrogens is 414 g/mol. The van der Waals surface area contributed by atoms with Crippen molar-refractivity contribution >= 4 is 24.3 Å². The molecule has 6 nitrogen and oxygen atoms in total. The van der Waals surface area contributed by atoms with Gasteiger partial charge in [-0.2, -0.15) is 0 Å². The topological polar surface area (TPSA) is 61.9 Å². The zero-order chi connectivity index (χ0) is 20.5. The zero-order valence-electron chi connectivity index (χ0n) is 17.5. The summed E-state index contributed by atoms with van der Waals surface area (Å²) in [4.78, 5) is 28.0. The molecule has 164 valence electrons. The molecule has 0 spiro atoms. The van der Waals surface area contributed by atoms with Crippen molar-refractivity contribution in [1.82, 2.24) is 15.1 Å². The van der Waals surface area contributed by atoms with Crippen LogP contribution < -0.4 is 10.1 Å². The lowest BCUT2D eigenvalue weighted by Gasteiger charge is -2.26. The number of benzene rings is 2.